The van der Waals surface area contributed by atoms with E-state index in [0.717, 1.165) is 19.3 Å². The molecule has 0 fully saturated rings. The molecule has 5 heteroatoms. The minimum atomic E-state index is -1.79. The van der Waals surface area contributed by atoms with E-state index < -0.39 is 24.1 Å². The second-order valence-corrected chi connectivity index (χ2v) is 8.38. The number of esters is 1. The summed E-state index contributed by atoms with van der Waals surface area (Å²) in [5.41, 5.74) is 0.556. The van der Waals surface area contributed by atoms with Crippen LogP contribution in [0, 0.1) is 0 Å². The summed E-state index contributed by atoms with van der Waals surface area (Å²) in [5.74, 6) is -1.47. The first-order valence-electron chi connectivity index (χ1n) is 12.3. The number of carbonyl (C=O) groups is 2. The van der Waals surface area contributed by atoms with Gasteiger partial charge in [0.25, 0.3) is 5.91 Å². The Bertz CT molecular complexity index is 648. The second-order valence-electron chi connectivity index (χ2n) is 8.38. The molecule has 0 aromatic heterocycles. The number of methoxy groups -OCH3 is 1. The molecule has 1 N–H and O–H groups in total. The number of hydrogen-bond donors (Lipinski definition) is 1. The molecule has 0 bridgehead atoms. The van der Waals surface area contributed by atoms with Crippen LogP contribution in [-0.4, -0.2) is 25.2 Å². The smallest absolute Gasteiger partial charge is 0.333 e. The number of benzene rings is 1. The molecule has 1 unspecified atom stereocenters. The summed E-state index contributed by atoms with van der Waals surface area (Å²) in [6.07, 6.45) is 17.3. The molecule has 0 aliphatic heterocycles. The highest BCUT2D eigenvalue weighted by atomic mass is 19.1. The van der Waals surface area contributed by atoms with Crippen LogP contribution in [0.4, 0.5) is 4.39 Å². The minimum Gasteiger partial charge on any atom is -0.467 e. The van der Waals surface area contributed by atoms with E-state index >= 15 is 0 Å². The van der Waals surface area contributed by atoms with E-state index in [0.29, 0.717) is 5.56 Å². The van der Waals surface area contributed by atoms with Gasteiger partial charge in [0.15, 0.2) is 12.2 Å². The van der Waals surface area contributed by atoms with E-state index in [1.807, 2.05) is 0 Å². The van der Waals surface area contributed by atoms with Crippen LogP contribution < -0.4 is 5.32 Å². The van der Waals surface area contributed by atoms with E-state index in [4.69, 9.17) is 4.74 Å². The van der Waals surface area contributed by atoms with E-state index in [1.165, 1.54) is 77.4 Å². The van der Waals surface area contributed by atoms with E-state index in [1.54, 1.807) is 36.4 Å². The third-order valence-corrected chi connectivity index (χ3v) is 5.64. The lowest BCUT2D eigenvalue weighted by Crippen LogP contribution is -2.38. The van der Waals surface area contributed by atoms with Crippen LogP contribution in [-0.2, 0) is 14.3 Å². The number of alkyl halides is 1. The summed E-state index contributed by atoms with van der Waals surface area (Å²) in [5, 5.41) is 2.44. The van der Waals surface area contributed by atoms with E-state index in [-0.39, 0.29) is 0 Å². The van der Waals surface area contributed by atoms with Crippen molar-refractivity contribution in [2.24, 2.45) is 0 Å². The number of rotatable bonds is 18. The van der Waals surface area contributed by atoms with Crippen LogP contribution in [0.2, 0.25) is 0 Å². The summed E-state index contributed by atoms with van der Waals surface area (Å²) in [6.45, 7) is 2.25. The number of ether oxygens (including phenoxy) is 1. The van der Waals surface area contributed by atoms with Gasteiger partial charge in [0, 0.05) is 0 Å². The van der Waals surface area contributed by atoms with Gasteiger partial charge in [-0.25, -0.2) is 9.18 Å². The van der Waals surface area contributed by atoms with Crippen molar-refractivity contribution in [3.63, 3.8) is 0 Å². The molecule has 0 heterocycles. The Morgan fingerprint density at radius 1 is 0.906 bits per heavy atom. The Kier molecular flexibility index (Phi) is 16.0. The largest absolute Gasteiger partial charge is 0.467 e. The van der Waals surface area contributed by atoms with Crippen molar-refractivity contribution in [3.05, 3.63) is 48.0 Å². The summed E-state index contributed by atoms with van der Waals surface area (Å²) < 4.78 is 19.0. The highest BCUT2D eigenvalue weighted by Gasteiger charge is 2.26. The van der Waals surface area contributed by atoms with Crippen molar-refractivity contribution >= 4 is 11.9 Å². The lowest BCUT2D eigenvalue weighted by atomic mass is 10.0. The number of nitrogens with one attached hydrogen (secondary N) is 1. The first-order valence-corrected chi connectivity index (χ1v) is 12.3. The molecule has 4 nitrogen and oxygen atoms in total. The van der Waals surface area contributed by atoms with Gasteiger partial charge in [0.2, 0.25) is 0 Å². The fourth-order valence-corrected chi connectivity index (χ4v) is 3.67. The fourth-order valence-electron chi connectivity index (χ4n) is 3.67. The number of unbranched alkanes of at least 4 members (excludes halogenated alkanes) is 12. The minimum absolute atomic E-state index is 0.556. The lowest BCUT2D eigenvalue weighted by Gasteiger charge is -2.17. The SMILES string of the molecule is CCCCCCCCCCCCCC/C=C/C(F)C(=O)N[C@H](C(=O)OC)c1ccccc1. The Morgan fingerprint density at radius 2 is 1.44 bits per heavy atom. The molecule has 1 aromatic rings. The van der Waals surface area contributed by atoms with Crippen molar-refractivity contribution in [2.75, 3.05) is 7.11 Å². The van der Waals surface area contributed by atoms with Gasteiger partial charge in [-0.05, 0) is 24.5 Å². The Morgan fingerprint density at radius 3 is 1.97 bits per heavy atom. The quantitative estimate of drug-likeness (QED) is 0.150. The second kappa shape index (κ2) is 18.4. The van der Waals surface area contributed by atoms with Gasteiger partial charge in [0.1, 0.15) is 0 Å². The molecule has 0 saturated heterocycles. The summed E-state index contributed by atoms with van der Waals surface area (Å²) in [6, 6.07) is 7.67. The molecule has 0 aliphatic carbocycles. The van der Waals surface area contributed by atoms with Gasteiger partial charge in [-0.2, -0.15) is 0 Å². The normalized spacial score (nSPS) is 13.1. The summed E-state index contributed by atoms with van der Waals surface area (Å²) >= 11 is 0. The molecule has 0 aliphatic rings. The predicted octanol–water partition coefficient (Wildman–Crippen LogP) is 7.00. The maximum atomic E-state index is 14.2. The lowest BCUT2D eigenvalue weighted by molar-refractivity contribution is -0.145. The van der Waals surface area contributed by atoms with Crippen LogP contribution in [0.15, 0.2) is 42.5 Å². The maximum Gasteiger partial charge on any atom is 0.333 e. The molecule has 1 aromatic carbocycles. The van der Waals surface area contributed by atoms with E-state index in [2.05, 4.69) is 12.2 Å². The Balaban J connectivity index is 2.16. The topological polar surface area (TPSA) is 55.4 Å². The van der Waals surface area contributed by atoms with Crippen LogP contribution in [0.1, 0.15) is 102 Å². The first kappa shape index (κ1) is 27.9. The van der Waals surface area contributed by atoms with Gasteiger partial charge in [-0.3, -0.25) is 4.79 Å². The molecule has 0 saturated carbocycles. The molecular formula is C27H42FNO3. The average molecular weight is 448 g/mol. The zero-order valence-corrected chi connectivity index (χ0v) is 20.0. The summed E-state index contributed by atoms with van der Waals surface area (Å²) in [7, 11) is 1.24. The molecule has 2 atom stereocenters. The monoisotopic (exact) mass is 447 g/mol. The zero-order chi connectivity index (χ0) is 23.4. The third-order valence-electron chi connectivity index (χ3n) is 5.64. The van der Waals surface area contributed by atoms with Crippen LogP contribution in [0.5, 0.6) is 0 Å². The Hall–Kier alpha value is -2.17. The Labute approximate surface area is 194 Å². The summed E-state index contributed by atoms with van der Waals surface area (Å²) in [4.78, 5) is 24.2. The van der Waals surface area contributed by atoms with Gasteiger partial charge in [-0.1, -0.05) is 114 Å². The standard InChI is InChI=1S/C27H42FNO3/c1-3-4-5-6-7-8-9-10-11-12-13-14-15-19-22-24(28)26(30)29-25(27(31)32-2)23-20-17-16-18-21-23/h16-22,24-25H,3-15H2,1-2H3,(H,29,30)/b22-19+/t24?,25-/m0/s1. The van der Waals surface area contributed by atoms with E-state index in [9.17, 15) is 14.0 Å². The fraction of sp³-hybridized carbons (Fsp3) is 0.630. The van der Waals surface area contributed by atoms with Crippen LogP contribution in [0.25, 0.3) is 0 Å². The van der Waals surface area contributed by atoms with Gasteiger partial charge in [0.05, 0.1) is 7.11 Å². The molecule has 32 heavy (non-hydrogen) atoms. The zero-order valence-electron chi connectivity index (χ0n) is 20.0. The van der Waals surface area contributed by atoms with Crippen molar-refractivity contribution in [2.45, 2.75) is 103 Å². The molecule has 180 valence electrons. The van der Waals surface area contributed by atoms with Gasteiger partial charge < -0.3 is 10.1 Å². The molecular weight excluding hydrogens is 405 g/mol. The van der Waals surface area contributed by atoms with Crippen molar-refractivity contribution in [1.29, 1.82) is 0 Å². The number of allylic oxidation sites excluding steroid dienone is 1. The van der Waals surface area contributed by atoms with Crippen molar-refractivity contribution in [3.8, 4) is 0 Å². The highest BCUT2D eigenvalue weighted by molar-refractivity contribution is 5.88. The molecule has 1 rings (SSSR count). The number of halogens is 1. The van der Waals surface area contributed by atoms with Gasteiger partial charge in [-0.15, -0.1) is 0 Å². The maximum absolute atomic E-state index is 14.2. The van der Waals surface area contributed by atoms with Crippen molar-refractivity contribution in [1.82, 2.24) is 5.32 Å². The molecule has 0 spiro atoms. The molecule has 1 amide bonds. The first-order chi connectivity index (χ1) is 15.6. The molecule has 0 radical (unpaired) electrons. The number of amides is 1. The van der Waals surface area contributed by atoms with Crippen LogP contribution >= 0.6 is 0 Å². The van der Waals surface area contributed by atoms with Crippen molar-refractivity contribution < 1.29 is 18.7 Å². The van der Waals surface area contributed by atoms with Crippen LogP contribution in [0.3, 0.4) is 0 Å². The highest BCUT2D eigenvalue weighted by Crippen LogP contribution is 2.15. The predicted molar refractivity (Wildman–Crippen MR) is 129 cm³/mol. The average Bonchev–Trinajstić information content (AvgIpc) is 2.82. The third kappa shape index (κ3) is 12.6. The number of carbonyl (C=O) groups excluding carboxylic acids is 2. The van der Waals surface area contributed by atoms with Gasteiger partial charge >= 0.3 is 5.97 Å². The number of hydrogen-bond acceptors (Lipinski definition) is 3.